The third-order valence-corrected chi connectivity index (χ3v) is 4.13. The summed E-state index contributed by atoms with van der Waals surface area (Å²) in [5.41, 5.74) is 1.48. The van der Waals surface area contributed by atoms with Gasteiger partial charge in [-0.2, -0.15) is 0 Å². The quantitative estimate of drug-likeness (QED) is 0.642. The van der Waals surface area contributed by atoms with E-state index in [1.807, 2.05) is 12.1 Å². The molecule has 1 fully saturated rings. The summed E-state index contributed by atoms with van der Waals surface area (Å²) in [5.74, 6) is -0.452. The van der Waals surface area contributed by atoms with Gasteiger partial charge in [0.25, 0.3) is 0 Å². The number of aromatic carboxylic acids is 1. The molecule has 4 rings (SSSR count). The number of aromatic amines is 1. The van der Waals surface area contributed by atoms with Gasteiger partial charge in [-0.05, 0) is 12.1 Å². The average molecular weight is 376 g/mol. The van der Waals surface area contributed by atoms with Crippen molar-refractivity contribution in [2.45, 2.75) is 0 Å². The summed E-state index contributed by atoms with van der Waals surface area (Å²) in [6, 6.07) is 5.41. The third-order valence-electron chi connectivity index (χ3n) is 4.13. The maximum atomic E-state index is 11.5. The minimum absolute atomic E-state index is 0. The van der Waals surface area contributed by atoms with E-state index in [0.29, 0.717) is 5.75 Å². The topological polar surface area (TPSA) is 103 Å². The Balaban J connectivity index is 0.00000196. The molecule has 136 valence electrons. The van der Waals surface area contributed by atoms with Crippen LogP contribution in [0.3, 0.4) is 0 Å². The van der Waals surface area contributed by atoms with Crippen LogP contribution in [0.2, 0.25) is 0 Å². The maximum absolute atomic E-state index is 11.5. The van der Waals surface area contributed by atoms with Gasteiger partial charge in [-0.1, -0.05) is 0 Å². The van der Waals surface area contributed by atoms with Crippen molar-refractivity contribution >= 4 is 35.1 Å². The average Bonchev–Trinajstić information content (AvgIpc) is 3.10. The molecule has 0 saturated carbocycles. The molecule has 9 heteroatoms. The number of rotatable bonds is 4. The normalized spacial score (nSPS) is 14.1. The first-order valence-electron chi connectivity index (χ1n) is 8.01. The Morgan fingerprint density at radius 2 is 2.00 bits per heavy atom. The molecule has 8 nitrogen and oxygen atoms in total. The zero-order valence-corrected chi connectivity index (χ0v) is 14.6. The number of piperazine rings is 1. The highest BCUT2D eigenvalue weighted by molar-refractivity contribution is 5.89. The summed E-state index contributed by atoms with van der Waals surface area (Å²) in [4.78, 5) is 25.0. The number of carboxylic acids is 1. The van der Waals surface area contributed by atoms with E-state index in [1.54, 1.807) is 24.7 Å². The first kappa shape index (κ1) is 18.0. The van der Waals surface area contributed by atoms with Gasteiger partial charge in [-0.25, -0.2) is 14.8 Å². The lowest BCUT2D eigenvalue weighted by molar-refractivity contribution is 0.0687. The van der Waals surface area contributed by atoms with Gasteiger partial charge in [0.2, 0.25) is 0 Å². The van der Waals surface area contributed by atoms with Gasteiger partial charge in [-0.3, -0.25) is 0 Å². The third kappa shape index (κ3) is 3.56. The van der Waals surface area contributed by atoms with E-state index in [9.17, 15) is 9.90 Å². The van der Waals surface area contributed by atoms with Crippen molar-refractivity contribution in [3.63, 3.8) is 0 Å². The Hall–Kier alpha value is -2.84. The number of hydrogen-bond donors (Lipinski definition) is 3. The molecule has 0 unspecified atom stereocenters. The van der Waals surface area contributed by atoms with Gasteiger partial charge in [-0.15, -0.1) is 12.4 Å². The van der Waals surface area contributed by atoms with Crippen LogP contribution in [0.4, 0.5) is 5.69 Å². The van der Waals surface area contributed by atoms with E-state index in [-0.39, 0.29) is 23.9 Å². The first-order chi connectivity index (χ1) is 12.2. The van der Waals surface area contributed by atoms with Crippen molar-refractivity contribution in [3.8, 4) is 11.5 Å². The molecule has 1 aliphatic heterocycles. The lowest BCUT2D eigenvalue weighted by atomic mass is 10.2. The van der Waals surface area contributed by atoms with Crippen LogP contribution in [0.15, 0.2) is 36.8 Å². The number of nitrogens with one attached hydrogen (secondary N) is 2. The fraction of sp³-hybridized carbons (Fsp3) is 0.235. The molecule has 0 radical (unpaired) electrons. The van der Waals surface area contributed by atoms with Crippen LogP contribution >= 0.6 is 12.4 Å². The molecule has 3 N–H and O–H groups in total. The van der Waals surface area contributed by atoms with Crippen LogP contribution in [-0.2, 0) is 0 Å². The molecule has 0 aromatic carbocycles. The van der Waals surface area contributed by atoms with Gasteiger partial charge in [0.05, 0.1) is 18.1 Å². The molecule has 26 heavy (non-hydrogen) atoms. The molecule has 3 aromatic rings. The van der Waals surface area contributed by atoms with Crippen molar-refractivity contribution in [3.05, 3.63) is 42.5 Å². The molecule has 0 aliphatic carbocycles. The molecule has 4 heterocycles. The van der Waals surface area contributed by atoms with E-state index < -0.39 is 5.97 Å². The zero-order valence-electron chi connectivity index (χ0n) is 13.8. The second kappa shape index (κ2) is 7.59. The van der Waals surface area contributed by atoms with Gasteiger partial charge in [0.15, 0.2) is 11.4 Å². The molecule has 1 aliphatic rings. The number of aromatic nitrogens is 3. The Labute approximate surface area is 155 Å². The van der Waals surface area contributed by atoms with E-state index >= 15 is 0 Å². The SMILES string of the molecule is Cl.O=C(O)c1ncc(N2CCNCC2)cc1Oc1cnc2[nH]ccc2c1. The molecule has 0 amide bonds. The molecule has 0 bridgehead atoms. The summed E-state index contributed by atoms with van der Waals surface area (Å²) in [6.07, 6.45) is 4.92. The van der Waals surface area contributed by atoms with Gasteiger partial charge >= 0.3 is 5.97 Å². The predicted octanol–water partition coefficient (Wildman–Crippen LogP) is 2.28. The number of pyridine rings is 2. The van der Waals surface area contributed by atoms with Crippen LogP contribution < -0.4 is 15.0 Å². The highest BCUT2D eigenvalue weighted by Gasteiger charge is 2.18. The lowest BCUT2D eigenvalue weighted by Crippen LogP contribution is -2.43. The smallest absolute Gasteiger partial charge is 0.358 e. The Bertz CT molecular complexity index is 924. The number of H-pyrrole nitrogens is 1. The van der Waals surface area contributed by atoms with Gasteiger partial charge < -0.3 is 25.0 Å². The van der Waals surface area contributed by atoms with E-state index in [4.69, 9.17) is 4.74 Å². The number of hydrogen-bond acceptors (Lipinski definition) is 6. The van der Waals surface area contributed by atoms with Crippen LogP contribution in [0, 0.1) is 0 Å². The van der Waals surface area contributed by atoms with Crippen LogP contribution in [0.5, 0.6) is 11.5 Å². The number of ether oxygens (including phenoxy) is 1. The number of halogens is 1. The Kier molecular flexibility index (Phi) is 5.24. The fourth-order valence-electron chi connectivity index (χ4n) is 2.87. The first-order valence-corrected chi connectivity index (χ1v) is 8.01. The standard InChI is InChI=1S/C17H17N5O3.ClH/c23-17(24)15-14(8-12(9-20-15)22-5-3-18-4-6-22)25-13-7-11-1-2-19-16(11)21-10-13;/h1-2,7-10,18H,3-6H2,(H,19,21)(H,23,24);1H. The number of nitrogens with zero attached hydrogens (tertiary/aromatic N) is 3. The zero-order chi connectivity index (χ0) is 17.2. The van der Waals surface area contributed by atoms with Crippen LogP contribution in [0.1, 0.15) is 10.5 Å². The monoisotopic (exact) mass is 375 g/mol. The predicted molar refractivity (Wildman–Crippen MR) is 99.7 cm³/mol. The highest BCUT2D eigenvalue weighted by Crippen LogP contribution is 2.29. The lowest BCUT2D eigenvalue weighted by Gasteiger charge is -2.29. The molecule has 1 saturated heterocycles. The summed E-state index contributed by atoms with van der Waals surface area (Å²) in [5, 5.41) is 13.6. The van der Waals surface area contributed by atoms with Crippen LogP contribution in [-0.4, -0.2) is 52.2 Å². The maximum Gasteiger partial charge on any atom is 0.358 e. The van der Waals surface area contributed by atoms with Gasteiger partial charge in [0, 0.05) is 43.8 Å². The van der Waals surface area contributed by atoms with E-state index in [0.717, 1.165) is 42.9 Å². The van der Waals surface area contributed by atoms with Crippen molar-refractivity contribution in [2.24, 2.45) is 0 Å². The number of fused-ring (bicyclic) bond motifs is 1. The Morgan fingerprint density at radius 3 is 2.77 bits per heavy atom. The molecule has 0 atom stereocenters. The number of anilines is 1. The number of carboxylic acid groups (broad SMARTS) is 1. The fourth-order valence-corrected chi connectivity index (χ4v) is 2.87. The van der Waals surface area contributed by atoms with Crippen molar-refractivity contribution in [2.75, 3.05) is 31.1 Å². The Morgan fingerprint density at radius 1 is 1.19 bits per heavy atom. The second-order valence-electron chi connectivity index (χ2n) is 5.77. The largest absolute Gasteiger partial charge is 0.476 e. The second-order valence-corrected chi connectivity index (χ2v) is 5.77. The minimum atomic E-state index is -1.13. The van der Waals surface area contributed by atoms with Crippen molar-refractivity contribution in [1.82, 2.24) is 20.3 Å². The van der Waals surface area contributed by atoms with Crippen molar-refractivity contribution < 1.29 is 14.6 Å². The number of carbonyl (C=O) groups is 1. The van der Waals surface area contributed by atoms with E-state index in [1.165, 1.54) is 0 Å². The molecule has 3 aromatic heterocycles. The van der Waals surface area contributed by atoms with Crippen LogP contribution in [0.25, 0.3) is 11.0 Å². The summed E-state index contributed by atoms with van der Waals surface area (Å²) in [7, 11) is 0. The van der Waals surface area contributed by atoms with E-state index in [2.05, 4.69) is 25.2 Å². The minimum Gasteiger partial charge on any atom is -0.476 e. The van der Waals surface area contributed by atoms with Gasteiger partial charge in [0.1, 0.15) is 11.4 Å². The molecular weight excluding hydrogens is 358 g/mol. The van der Waals surface area contributed by atoms with Crippen molar-refractivity contribution in [1.29, 1.82) is 0 Å². The summed E-state index contributed by atoms with van der Waals surface area (Å²) < 4.78 is 5.82. The molecule has 0 spiro atoms. The summed E-state index contributed by atoms with van der Waals surface area (Å²) >= 11 is 0. The molecular formula is C17H18ClN5O3. The highest BCUT2D eigenvalue weighted by atomic mass is 35.5. The summed E-state index contributed by atoms with van der Waals surface area (Å²) in [6.45, 7) is 3.44.